The number of benzene rings is 3. The van der Waals surface area contributed by atoms with Crippen LogP contribution in [0.25, 0.3) is 10.9 Å². The standard InChI is InChI=1S/C25H24F4N4O6S/c26-24(27)38-21-6-1-2-7-22(21)40(35,36)33-16-5-3-4-15(12-16)20(34)14-30-10-11-37-17-8-9-18-19(13-17)31-32-23(18)39-25(28)29/h1-9,12-13,20,24-25,30,33-34H,10-11,14H2,(H,31,32)/t20-/m0/s1. The van der Waals surface area contributed by atoms with Gasteiger partial charge >= 0.3 is 13.2 Å². The minimum atomic E-state index is -4.27. The highest BCUT2D eigenvalue weighted by Gasteiger charge is 2.22. The first kappa shape index (κ1) is 28.9. The number of aromatic nitrogens is 2. The molecule has 15 heteroatoms. The fourth-order valence-electron chi connectivity index (χ4n) is 3.72. The number of aliphatic hydroxyl groups is 1. The maximum absolute atomic E-state index is 12.8. The molecule has 1 heterocycles. The van der Waals surface area contributed by atoms with Crippen molar-refractivity contribution in [1.29, 1.82) is 0 Å². The molecule has 3 aromatic carbocycles. The Balaban J connectivity index is 1.28. The van der Waals surface area contributed by atoms with Crippen LogP contribution < -0.4 is 24.2 Å². The molecular formula is C25H24F4N4O6S. The number of halogens is 4. The van der Waals surface area contributed by atoms with Crippen LogP contribution in [0.4, 0.5) is 23.2 Å². The molecule has 10 nitrogen and oxygen atoms in total. The van der Waals surface area contributed by atoms with Crippen molar-refractivity contribution in [2.24, 2.45) is 0 Å². The summed E-state index contributed by atoms with van der Waals surface area (Å²) in [4.78, 5) is -0.462. The van der Waals surface area contributed by atoms with E-state index in [1.165, 1.54) is 36.4 Å². The second-order valence-electron chi connectivity index (χ2n) is 8.24. The maximum atomic E-state index is 12.8. The second-order valence-corrected chi connectivity index (χ2v) is 9.89. The zero-order valence-corrected chi connectivity index (χ0v) is 21.4. The van der Waals surface area contributed by atoms with E-state index in [-0.39, 0.29) is 24.7 Å². The first-order valence-electron chi connectivity index (χ1n) is 11.7. The highest BCUT2D eigenvalue weighted by atomic mass is 32.2. The van der Waals surface area contributed by atoms with Gasteiger partial charge in [-0.05, 0) is 42.0 Å². The zero-order chi connectivity index (χ0) is 28.7. The lowest BCUT2D eigenvalue weighted by Gasteiger charge is -2.15. The molecule has 0 amide bonds. The molecule has 0 bridgehead atoms. The third kappa shape index (κ3) is 7.52. The Morgan fingerprint density at radius 1 is 0.950 bits per heavy atom. The fraction of sp³-hybridized carbons (Fsp3) is 0.240. The third-order valence-corrected chi connectivity index (χ3v) is 6.88. The molecule has 1 atom stereocenters. The van der Waals surface area contributed by atoms with E-state index in [0.29, 0.717) is 28.8 Å². The Morgan fingerprint density at radius 3 is 2.50 bits per heavy atom. The molecule has 214 valence electrons. The van der Waals surface area contributed by atoms with E-state index in [4.69, 9.17) is 4.74 Å². The number of alkyl halides is 4. The number of ether oxygens (including phenoxy) is 3. The summed E-state index contributed by atoms with van der Waals surface area (Å²) in [7, 11) is -4.27. The van der Waals surface area contributed by atoms with Crippen LogP contribution in [0.2, 0.25) is 0 Å². The molecule has 0 unspecified atom stereocenters. The molecule has 0 aliphatic carbocycles. The van der Waals surface area contributed by atoms with Gasteiger partial charge in [0.2, 0.25) is 5.88 Å². The van der Waals surface area contributed by atoms with Gasteiger partial charge in [-0.3, -0.25) is 9.82 Å². The molecule has 40 heavy (non-hydrogen) atoms. The molecule has 1 aromatic heterocycles. The summed E-state index contributed by atoms with van der Waals surface area (Å²) in [6.45, 7) is -5.53. The minimum Gasteiger partial charge on any atom is -0.492 e. The summed E-state index contributed by atoms with van der Waals surface area (Å²) < 4.78 is 92.4. The Morgan fingerprint density at radius 2 is 1.73 bits per heavy atom. The number of aliphatic hydroxyl groups excluding tert-OH is 1. The smallest absolute Gasteiger partial charge is 0.388 e. The van der Waals surface area contributed by atoms with Gasteiger partial charge in [0.15, 0.2) is 0 Å². The predicted octanol–water partition coefficient (Wildman–Crippen LogP) is 4.27. The van der Waals surface area contributed by atoms with Crippen molar-refractivity contribution < 1.29 is 45.3 Å². The van der Waals surface area contributed by atoms with Crippen LogP contribution in [0.3, 0.4) is 0 Å². The molecule has 0 radical (unpaired) electrons. The van der Waals surface area contributed by atoms with Crippen molar-refractivity contribution in [3.63, 3.8) is 0 Å². The molecular weight excluding hydrogens is 560 g/mol. The number of sulfonamides is 1. The van der Waals surface area contributed by atoms with Gasteiger partial charge in [-0.1, -0.05) is 24.3 Å². The highest BCUT2D eigenvalue weighted by Crippen LogP contribution is 2.29. The first-order valence-corrected chi connectivity index (χ1v) is 13.2. The van der Waals surface area contributed by atoms with Crippen molar-refractivity contribution in [3.05, 3.63) is 72.3 Å². The summed E-state index contributed by atoms with van der Waals surface area (Å²) in [5, 5.41) is 20.2. The average Bonchev–Trinajstić information content (AvgIpc) is 3.29. The lowest BCUT2D eigenvalue weighted by atomic mass is 10.1. The number of rotatable bonds is 14. The predicted molar refractivity (Wildman–Crippen MR) is 136 cm³/mol. The van der Waals surface area contributed by atoms with Crippen LogP contribution in [0.5, 0.6) is 17.4 Å². The van der Waals surface area contributed by atoms with Gasteiger partial charge in [0.25, 0.3) is 10.0 Å². The minimum absolute atomic E-state index is 0.110. The van der Waals surface area contributed by atoms with Crippen LogP contribution in [-0.4, -0.2) is 56.6 Å². The molecule has 0 spiro atoms. The molecule has 4 N–H and O–H groups in total. The molecule has 0 saturated carbocycles. The molecule has 0 saturated heterocycles. The van der Waals surface area contributed by atoms with E-state index in [1.807, 2.05) is 0 Å². The highest BCUT2D eigenvalue weighted by molar-refractivity contribution is 7.92. The van der Waals surface area contributed by atoms with Gasteiger partial charge in [-0.15, -0.1) is 5.10 Å². The van der Waals surface area contributed by atoms with E-state index in [9.17, 15) is 31.1 Å². The first-order chi connectivity index (χ1) is 19.1. The number of H-pyrrole nitrogens is 1. The van der Waals surface area contributed by atoms with Crippen molar-refractivity contribution in [2.45, 2.75) is 24.2 Å². The van der Waals surface area contributed by atoms with Crippen molar-refractivity contribution in [1.82, 2.24) is 15.5 Å². The van der Waals surface area contributed by atoms with Crippen LogP contribution >= 0.6 is 0 Å². The Labute approximate surface area is 225 Å². The number of anilines is 1. The molecule has 0 aliphatic heterocycles. The summed E-state index contributed by atoms with van der Waals surface area (Å²) >= 11 is 0. The number of nitrogens with one attached hydrogen (secondary N) is 3. The van der Waals surface area contributed by atoms with Crippen molar-refractivity contribution in [3.8, 4) is 17.4 Å². The monoisotopic (exact) mass is 584 g/mol. The number of fused-ring (bicyclic) bond motifs is 1. The van der Waals surface area contributed by atoms with E-state index in [1.54, 1.807) is 18.2 Å². The number of nitrogens with zero attached hydrogens (tertiary/aromatic N) is 1. The number of para-hydroxylation sites is 1. The molecule has 4 rings (SSSR count). The van der Waals surface area contributed by atoms with Gasteiger partial charge in [0.05, 0.1) is 17.0 Å². The van der Waals surface area contributed by atoms with Crippen LogP contribution in [0.15, 0.2) is 71.6 Å². The van der Waals surface area contributed by atoms with E-state index in [0.717, 1.165) is 12.1 Å². The number of aromatic amines is 1. The lowest BCUT2D eigenvalue weighted by Crippen LogP contribution is -2.26. The Bertz CT molecular complexity index is 1540. The topological polar surface area (TPSA) is 135 Å². The van der Waals surface area contributed by atoms with Gasteiger partial charge < -0.3 is 24.6 Å². The molecule has 0 fully saturated rings. The summed E-state index contributed by atoms with van der Waals surface area (Å²) in [6.07, 6.45) is -1.01. The van der Waals surface area contributed by atoms with E-state index in [2.05, 4.69) is 29.7 Å². The normalized spacial score (nSPS) is 12.6. The Hall–Kier alpha value is -4.08. The van der Waals surface area contributed by atoms with Crippen LogP contribution in [0, 0.1) is 0 Å². The largest absolute Gasteiger partial charge is 0.492 e. The second kappa shape index (κ2) is 12.8. The summed E-state index contributed by atoms with van der Waals surface area (Å²) in [5.74, 6) is -0.250. The molecule has 4 aromatic rings. The SMILES string of the molecule is O=S(=O)(Nc1cccc([C@@H](O)CNCCOc2ccc3c(OC(F)F)n[nH]c3c2)c1)c1ccccc1OC(F)F. The third-order valence-electron chi connectivity index (χ3n) is 5.46. The van der Waals surface area contributed by atoms with E-state index >= 15 is 0 Å². The number of hydrogen-bond acceptors (Lipinski definition) is 8. The summed E-state index contributed by atoms with van der Waals surface area (Å²) in [6, 6.07) is 15.7. The fourth-order valence-corrected chi connectivity index (χ4v) is 4.91. The van der Waals surface area contributed by atoms with Gasteiger partial charge in [-0.2, -0.15) is 17.6 Å². The average molecular weight is 585 g/mol. The van der Waals surface area contributed by atoms with Gasteiger partial charge in [-0.25, -0.2) is 8.42 Å². The van der Waals surface area contributed by atoms with E-state index < -0.39 is 40.0 Å². The molecule has 0 aliphatic rings. The van der Waals surface area contributed by atoms with Gasteiger partial charge in [0.1, 0.15) is 23.0 Å². The van der Waals surface area contributed by atoms with Crippen LogP contribution in [0.1, 0.15) is 11.7 Å². The Kier molecular flexibility index (Phi) is 9.29. The van der Waals surface area contributed by atoms with Crippen molar-refractivity contribution >= 4 is 26.6 Å². The summed E-state index contributed by atoms with van der Waals surface area (Å²) in [5.41, 5.74) is 0.970. The lowest BCUT2D eigenvalue weighted by molar-refractivity contribution is -0.0525. The number of hydrogen-bond donors (Lipinski definition) is 4. The van der Waals surface area contributed by atoms with Crippen LogP contribution in [-0.2, 0) is 10.0 Å². The maximum Gasteiger partial charge on any atom is 0.388 e. The van der Waals surface area contributed by atoms with Crippen molar-refractivity contribution in [2.75, 3.05) is 24.4 Å². The van der Waals surface area contributed by atoms with Gasteiger partial charge in [0, 0.05) is 24.8 Å². The quantitative estimate of drug-likeness (QED) is 0.128. The zero-order valence-electron chi connectivity index (χ0n) is 20.6.